The van der Waals surface area contributed by atoms with E-state index in [1.165, 1.54) is 11.3 Å². The lowest BCUT2D eigenvalue weighted by Crippen LogP contribution is -2.30. The molecule has 0 saturated heterocycles. The molecule has 0 aliphatic rings. The number of aromatic nitrogens is 2. The van der Waals surface area contributed by atoms with Gasteiger partial charge in [0.1, 0.15) is 16.5 Å². The quantitative estimate of drug-likeness (QED) is 0.689. The van der Waals surface area contributed by atoms with Crippen molar-refractivity contribution in [2.75, 3.05) is 12.4 Å². The Bertz CT molecular complexity index is 938. The van der Waals surface area contributed by atoms with Crippen molar-refractivity contribution in [3.05, 3.63) is 53.6 Å². The molecule has 0 spiro atoms. The molecule has 0 unspecified atom stereocenters. The lowest BCUT2D eigenvalue weighted by molar-refractivity contribution is -0.122. The Balaban J connectivity index is 1.65. The minimum absolute atomic E-state index is 0.270. The summed E-state index contributed by atoms with van der Waals surface area (Å²) in [7, 11) is 1.62. The Morgan fingerprint density at radius 1 is 1.11 bits per heavy atom. The number of hydrogen-bond donors (Lipinski definition) is 1. The van der Waals surface area contributed by atoms with Gasteiger partial charge in [-0.05, 0) is 62.2 Å². The molecule has 27 heavy (non-hydrogen) atoms. The molecule has 0 radical (unpaired) electrons. The van der Waals surface area contributed by atoms with Crippen molar-refractivity contribution in [3.8, 4) is 22.1 Å². The highest BCUT2D eigenvalue weighted by molar-refractivity contribution is 7.18. The van der Waals surface area contributed by atoms with Gasteiger partial charge in [0, 0.05) is 5.56 Å². The normalized spacial score (nSPS) is 11.7. The van der Waals surface area contributed by atoms with Gasteiger partial charge >= 0.3 is 0 Å². The maximum atomic E-state index is 12.4. The molecule has 0 fully saturated rings. The van der Waals surface area contributed by atoms with E-state index in [9.17, 15) is 4.79 Å². The number of carbonyl (C=O) groups excluding carboxylic acids is 1. The molecule has 1 heterocycles. The van der Waals surface area contributed by atoms with Crippen LogP contribution in [0.5, 0.6) is 11.5 Å². The first kappa shape index (κ1) is 18.8. The van der Waals surface area contributed by atoms with Crippen LogP contribution < -0.4 is 14.8 Å². The Kier molecular flexibility index (Phi) is 5.71. The number of methoxy groups -OCH3 is 1. The molecular formula is C20H21N3O3S. The number of nitrogens with zero attached hydrogens (tertiary/aromatic N) is 2. The van der Waals surface area contributed by atoms with E-state index in [1.807, 2.05) is 56.3 Å². The third-order valence-electron chi connectivity index (χ3n) is 4.01. The van der Waals surface area contributed by atoms with Crippen molar-refractivity contribution >= 4 is 22.4 Å². The highest BCUT2D eigenvalue weighted by Crippen LogP contribution is 2.28. The molecule has 0 saturated carbocycles. The SMILES string of the molecule is COc1ccc(-c2nnc(NC(=O)[C@H](C)Oc3cc(C)ccc3C)s2)cc1. The van der Waals surface area contributed by atoms with Gasteiger partial charge in [-0.1, -0.05) is 23.5 Å². The van der Waals surface area contributed by atoms with Crippen LogP contribution in [0.2, 0.25) is 0 Å². The summed E-state index contributed by atoms with van der Waals surface area (Å²) in [6, 6.07) is 13.4. The topological polar surface area (TPSA) is 73.3 Å². The predicted molar refractivity (Wildman–Crippen MR) is 107 cm³/mol. The van der Waals surface area contributed by atoms with E-state index in [0.717, 1.165) is 27.4 Å². The van der Waals surface area contributed by atoms with Crippen molar-refractivity contribution in [3.63, 3.8) is 0 Å². The van der Waals surface area contributed by atoms with Gasteiger partial charge in [0.15, 0.2) is 6.10 Å². The fourth-order valence-electron chi connectivity index (χ4n) is 2.41. The van der Waals surface area contributed by atoms with Crippen LogP contribution in [0.1, 0.15) is 18.1 Å². The van der Waals surface area contributed by atoms with Gasteiger partial charge in [-0.25, -0.2) is 0 Å². The van der Waals surface area contributed by atoms with Crippen LogP contribution in [-0.4, -0.2) is 29.3 Å². The average molecular weight is 383 g/mol. The molecule has 1 aromatic heterocycles. The van der Waals surface area contributed by atoms with E-state index in [4.69, 9.17) is 9.47 Å². The summed E-state index contributed by atoms with van der Waals surface area (Å²) in [5.41, 5.74) is 2.97. The van der Waals surface area contributed by atoms with E-state index in [0.29, 0.717) is 10.9 Å². The molecule has 0 aliphatic carbocycles. The van der Waals surface area contributed by atoms with Crippen LogP contribution in [-0.2, 0) is 4.79 Å². The summed E-state index contributed by atoms with van der Waals surface area (Å²) in [4.78, 5) is 12.4. The maximum absolute atomic E-state index is 12.4. The van der Waals surface area contributed by atoms with E-state index in [1.54, 1.807) is 14.0 Å². The zero-order valence-electron chi connectivity index (χ0n) is 15.6. The third kappa shape index (κ3) is 4.62. The number of ether oxygens (including phenoxy) is 2. The largest absolute Gasteiger partial charge is 0.497 e. The van der Waals surface area contributed by atoms with Crippen LogP contribution in [0.15, 0.2) is 42.5 Å². The predicted octanol–water partition coefficient (Wildman–Crippen LogP) is 4.24. The highest BCUT2D eigenvalue weighted by atomic mass is 32.1. The Morgan fingerprint density at radius 2 is 1.85 bits per heavy atom. The summed E-state index contributed by atoms with van der Waals surface area (Å²) < 4.78 is 11.0. The van der Waals surface area contributed by atoms with Crippen LogP contribution >= 0.6 is 11.3 Å². The second-order valence-corrected chi connectivity index (χ2v) is 7.14. The standard InChI is InChI=1S/C20H21N3O3S/c1-12-5-6-13(2)17(11-12)26-14(3)18(24)21-20-23-22-19(27-20)15-7-9-16(25-4)10-8-15/h5-11,14H,1-4H3,(H,21,23,24)/t14-/m0/s1. The molecule has 1 N–H and O–H groups in total. The summed E-state index contributed by atoms with van der Waals surface area (Å²) in [5.74, 6) is 1.20. The first-order valence-electron chi connectivity index (χ1n) is 8.49. The summed E-state index contributed by atoms with van der Waals surface area (Å²) >= 11 is 1.31. The lowest BCUT2D eigenvalue weighted by atomic mass is 10.1. The van der Waals surface area contributed by atoms with Crippen molar-refractivity contribution < 1.29 is 14.3 Å². The fraction of sp³-hybridized carbons (Fsp3) is 0.250. The monoisotopic (exact) mass is 383 g/mol. The number of amides is 1. The second-order valence-electron chi connectivity index (χ2n) is 6.16. The zero-order valence-corrected chi connectivity index (χ0v) is 16.5. The number of nitrogens with one attached hydrogen (secondary N) is 1. The average Bonchev–Trinajstić information content (AvgIpc) is 3.13. The van der Waals surface area contributed by atoms with E-state index < -0.39 is 6.10 Å². The van der Waals surface area contributed by atoms with Gasteiger partial charge in [0.05, 0.1) is 7.11 Å². The summed E-state index contributed by atoms with van der Waals surface area (Å²) in [6.45, 7) is 5.65. The van der Waals surface area contributed by atoms with Crippen LogP contribution in [0.25, 0.3) is 10.6 Å². The van der Waals surface area contributed by atoms with Gasteiger partial charge in [-0.2, -0.15) is 0 Å². The summed E-state index contributed by atoms with van der Waals surface area (Å²) in [5, 5.41) is 12.1. The molecule has 2 aromatic carbocycles. The first-order chi connectivity index (χ1) is 13.0. The zero-order chi connectivity index (χ0) is 19.4. The van der Waals surface area contributed by atoms with Crippen molar-refractivity contribution in [2.24, 2.45) is 0 Å². The molecule has 1 atom stereocenters. The molecule has 1 amide bonds. The Labute approximate surface area is 162 Å². The van der Waals surface area contributed by atoms with E-state index in [-0.39, 0.29) is 5.91 Å². The number of benzene rings is 2. The smallest absolute Gasteiger partial charge is 0.266 e. The van der Waals surface area contributed by atoms with Crippen LogP contribution in [0.4, 0.5) is 5.13 Å². The molecule has 7 heteroatoms. The van der Waals surface area contributed by atoms with Crippen molar-refractivity contribution in [1.82, 2.24) is 10.2 Å². The minimum atomic E-state index is -0.654. The van der Waals surface area contributed by atoms with Crippen LogP contribution in [0, 0.1) is 13.8 Å². The summed E-state index contributed by atoms with van der Waals surface area (Å²) in [6.07, 6.45) is -0.654. The molecule has 3 rings (SSSR count). The molecule has 3 aromatic rings. The van der Waals surface area contributed by atoms with Crippen molar-refractivity contribution in [1.29, 1.82) is 0 Å². The molecule has 0 aliphatic heterocycles. The van der Waals surface area contributed by atoms with Crippen molar-refractivity contribution in [2.45, 2.75) is 26.9 Å². The van der Waals surface area contributed by atoms with E-state index >= 15 is 0 Å². The third-order valence-corrected chi connectivity index (χ3v) is 4.90. The number of hydrogen-bond acceptors (Lipinski definition) is 6. The maximum Gasteiger partial charge on any atom is 0.266 e. The number of anilines is 1. The highest BCUT2D eigenvalue weighted by Gasteiger charge is 2.18. The molecule has 0 bridgehead atoms. The number of rotatable bonds is 6. The number of aryl methyl sites for hydroxylation is 2. The van der Waals surface area contributed by atoms with Gasteiger partial charge in [-0.3, -0.25) is 10.1 Å². The van der Waals surface area contributed by atoms with Gasteiger partial charge < -0.3 is 9.47 Å². The molecule has 6 nitrogen and oxygen atoms in total. The van der Waals surface area contributed by atoms with Gasteiger partial charge in [0.25, 0.3) is 5.91 Å². The van der Waals surface area contributed by atoms with Gasteiger partial charge in [-0.15, -0.1) is 10.2 Å². The first-order valence-corrected chi connectivity index (χ1v) is 9.30. The fourth-order valence-corrected chi connectivity index (χ4v) is 3.16. The van der Waals surface area contributed by atoms with Gasteiger partial charge in [0.2, 0.25) is 5.13 Å². The van der Waals surface area contributed by atoms with E-state index in [2.05, 4.69) is 15.5 Å². The minimum Gasteiger partial charge on any atom is -0.497 e. The lowest BCUT2D eigenvalue weighted by Gasteiger charge is -2.15. The Morgan fingerprint density at radius 3 is 2.56 bits per heavy atom. The number of carbonyl (C=O) groups is 1. The molecular weight excluding hydrogens is 362 g/mol. The Hall–Kier alpha value is -2.93. The molecule has 140 valence electrons. The second kappa shape index (κ2) is 8.18. The van der Waals surface area contributed by atoms with Crippen LogP contribution in [0.3, 0.4) is 0 Å².